The molecule has 0 saturated heterocycles. The Kier molecular flexibility index (Phi) is 5.88. The van der Waals surface area contributed by atoms with Crippen molar-refractivity contribution in [3.05, 3.63) is 48.5 Å². The zero-order valence-electron chi connectivity index (χ0n) is 11.9. The summed E-state index contributed by atoms with van der Waals surface area (Å²) >= 11 is 0. The van der Waals surface area contributed by atoms with Gasteiger partial charge in [-0.25, -0.2) is 4.98 Å². The average molecular weight is 309 g/mol. The molecule has 0 unspecified atom stereocenters. The van der Waals surface area contributed by atoms with Crippen molar-refractivity contribution < 1.29 is 18.3 Å². The summed E-state index contributed by atoms with van der Waals surface area (Å²) in [5.41, 5.74) is 0.744. The molecule has 1 amide bonds. The second kappa shape index (κ2) is 8.11. The van der Waals surface area contributed by atoms with E-state index in [1.54, 1.807) is 24.7 Å². The molecule has 1 aromatic carbocycles. The van der Waals surface area contributed by atoms with E-state index in [2.05, 4.69) is 15.0 Å². The van der Waals surface area contributed by atoms with E-state index in [-0.39, 0.29) is 18.1 Å². The number of halogens is 2. The third-order valence-corrected chi connectivity index (χ3v) is 2.99. The van der Waals surface area contributed by atoms with E-state index in [1.807, 2.05) is 10.8 Å². The summed E-state index contributed by atoms with van der Waals surface area (Å²) in [6.45, 7) is -1.48. The molecule has 0 saturated carbocycles. The molecule has 118 valence electrons. The Balaban J connectivity index is 1.68. The van der Waals surface area contributed by atoms with Crippen LogP contribution in [-0.4, -0.2) is 28.6 Å². The first kappa shape index (κ1) is 15.9. The predicted octanol–water partition coefficient (Wildman–Crippen LogP) is 2.23. The molecule has 5 nitrogen and oxygen atoms in total. The number of rotatable bonds is 8. The van der Waals surface area contributed by atoms with E-state index < -0.39 is 6.61 Å². The number of hydrogen-bond donors (Lipinski definition) is 1. The van der Waals surface area contributed by atoms with Crippen LogP contribution in [0.5, 0.6) is 5.75 Å². The predicted molar refractivity (Wildman–Crippen MR) is 76.6 cm³/mol. The summed E-state index contributed by atoms with van der Waals surface area (Å²) in [5, 5.41) is 2.82. The van der Waals surface area contributed by atoms with E-state index in [9.17, 15) is 13.6 Å². The number of ether oxygens (including phenoxy) is 1. The van der Waals surface area contributed by atoms with Crippen LogP contribution in [0.2, 0.25) is 0 Å². The normalized spacial score (nSPS) is 10.7. The van der Waals surface area contributed by atoms with E-state index >= 15 is 0 Å². The molecule has 1 heterocycles. The number of alkyl halides is 2. The summed E-state index contributed by atoms with van der Waals surface area (Å²) in [5.74, 6) is -0.0207. The largest absolute Gasteiger partial charge is 0.435 e. The Labute approximate surface area is 126 Å². The lowest BCUT2D eigenvalue weighted by Crippen LogP contribution is -2.26. The van der Waals surface area contributed by atoms with Gasteiger partial charge in [0, 0.05) is 25.5 Å². The quantitative estimate of drug-likeness (QED) is 0.761. The Morgan fingerprint density at radius 3 is 2.73 bits per heavy atom. The molecule has 0 radical (unpaired) electrons. The zero-order chi connectivity index (χ0) is 15.8. The van der Waals surface area contributed by atoms with Gasteiger partial charge in [0.2, 0.25) is 5.91 Å². The highest BCUT2D eigenvalue weighted by Gasteiger charge is 2.06. The third-order valence-electron chi connectivity index (χ3n) is 2.99. The van der Waals surface area contributed by atoms with Crippen LogP contribution in [0.1, 0.15) is 12.0 Å². The Morgan fingerprint density at radius 2 is 2.09 bits per heavy atom. The summed E-state index contributed by atoms with van der Waals surface area (Å²) in [6.07, 6.45) is 6.32. The molecule has 0 aliphatic heterocycles. The molecular formula is C15H17F2N3O2. The van der Waals surface area contributed by atoms with Crippen molar-refractivity contribution in [2.24, 2.45) is 0 Å². The lowest BCUT2D eigenvalue weighted by atomic mass is 10.1. The highest BCUT2D eigenvalue weighted by Crippen LogP contribution is 2.15. The fourth-order valence-electron chi connectivity index (χ4n) is 1.95. The minimum absolute atomic E-state index is 0.0829. The second-order valence-electron chi connectivity index (χ2n) is 4.70. The van der Waals surface area contributed by atoms with Crippen LogP contribution in [-0.2, 0) is 17.8 Å². The maximum Gasteiger partial charge on any atom is 0.387 e. The maximum absolute atomic E-state index is 12.0. The fraction of sp³-hybridized carbons (Fsp3) is 0.333. The zero-order valence-corrected chi connectivity index (χ0v) is 11.9. The smallest absolute Gasteiger partial charge is 0.387 e. The number of amides is 1. The molecular weight excluding hydrogens is 292 g/mol. The van der Waals surface area contributed by atoms with Gasteiger partial charge in [0.05, 0.1) is 12.7 Å². The van der Waals surface area contributed by atoms with Gasteiger partial charge in [0.25, 0.3) is 0 Å². The van der Waals surface area contributed by atoms with Crippen LogP contribution in [0.3, 0.4) is 0 Å². The van der Waals surface area contributed by atoms with Crippen molar-refractivity contribution >= 4 is 5.91 Å². The lowest BCUT2D eigenvalue weighted by Gasteiger charge is -2.07. The molecule has 2 aromatic rings. The first-order valence-corrected chi connectivity index (χ1v) is 6.89. The molecule has 7 heteroatoms. The van der Waals surface area contributed by atoms with Crippen molar-refractivity contribution in [2.45, 2.75) is 26.0 Å². The van der Waals surface area contributed by atoms with Crippen molar-refractivity contribution in [3.8, 4) is 5.75 Å². The highest BCUT2D eigenvalue weighted by atomic mass is 19.3. The summed E-state index contributed by atoms with van der Waals surface area (Å²) in [7, 11) is 0. The van der Waals surface area contributed by atoms with Crippen molar-refractivity contribution in [1.82, 2.24) is 14.9 Å². The molecule has 2 rings (SSSR count). The molecule has 1 aromatic heterocycles. The van der Waals surface area contributed by atoms with Gasteiger partial charge in [0.1, 0.15) is 5.75 Å². The molecule has 1 N–H and O–H groups in total. The monoisotopic (exact) mass is 309 g/mol. The van der Waals surface area contributed by atoms with E-state index in [0.717, 1.165) is 18.5 Å². The Bertz CT molecular complexity index is 571. The molecule has 0 aliphatic rings. The number of nitrogens with one attached hydrogen (secondary N) is 1. The lowest BCUT2D eigenvalue weighted by molar-refractivity contribution is -0.120. The number of aryl methyl sites for hydroxylation is 1. The van der Waals surface area contributed by atoms with Crippen LogP contribution in [0.15, 0.2) is 43.0 Å². The minimum atomic E-state index is -2.84. The van der Waals surface area contributed by atoms with E-state index in [1.165, 1.54) is 12.1 Å². The van der Waals surface area contributed by atoms with E-state index in [4.69, 9.17) is 0 Å². The highest BCUT2D eigenvalue weighted by molar-refractivity contribution is 5.78. The van der Waals surface area contributed by atoms with Crippen molar-refractivity contribution in [3.63, 3.8) is 0 Å². The number of imidazole rings is 1. The number of carbonyl (C=O) groups excluding carboxylic acids is 1. The van der Waals surface area contributed by atoms with Gasteiger partial charge in [-0.2, -0.15) is 8.78 Å². The topological polar surface area (TPSA) is 56.1 Å². The summed E-state index contributed by atoms with van der Waals surface area (Å²) in [4.78, 5) is 15.7. The van der Waals surface area contributed by atoms with Crippen LogP contribution < -0.4 is 10.1 Å². The van der Waals surface area contributed by atoms with E-state index in [0.29, 0.717) is 6.54 Å². The number of hydrogen-bond acceptors (Lipinski definition) is 3. The maximum atomic E-state index is 12.0. The minimum Gasteiger partial charge on any atom is -0.435 e. The molecule has 0 bridgehead atoms. The van der Waals surface area contributed by atoms with Crippen molar-refractivity contribution in [2.75, 3.05) is 6.54 Å². The number of aromatic nitrogens is 2. The fourth-order valence-corrected chi connectivity index (χ4v) is 1.95. The third kappa shape index (κ3) is 5.51. The first-order chi connectivity index (χ1) is 10.6. The molecule has 0 aliphatic carbocycles. The van der Waals surface area contributed by atoms with Crippen LogP contribution >= 0.6 is 0 Å². The van der Waals surface area contributed by atoms with Gasteiger partial charge in [-0.05, 0) is 24.1 Å². The van der Waals surface area contributed by atoms with Gasteiger partial charge in [-0.3, -0.25) is 4.79 Å². The number of nitrogens with zero attached hydrogens (tertiary/aromatic N) is 2. The summed E-state index contributed by atoms with van der Waals surface area (Å²) in [6, 6.07) is 6.05. The van der Waals surface area contributed by atoms with Gasteiger partial charge in [-0.15, -0.1) is 0 Å². The van der Waals surface area contributed by atoms with Gasteiger partial charge < -0.3 is 14.6 Å². The van der Waals surface area contributed by atoms with Crippen LogP contribution in [0, 0.1) is 0 Å². The number of carbonyl (C=O) groups is 1. The number of benzene rings is 1. The van der Waals surface area contributed by atoms with Gasteiger partial charge in [-0.1, -0.05) is 12.1 Å². The Morgan fingerprint density at radius 1 is 1.32 bits per heavy atom. The molecule has 0 spiro atoms. The van der Waals surface area contributed by atoms with Crippen molar-refractivity contribution in [1.29, 1.82) is 0 Å². The average Bonchev–Trinajstić information content (AvgIpc) is 2.98. The molecule has 22 heavy (non-hydrogen) atoms. The summed E-state index contributed by atoms with van der Waals surface area (Å²) < 4.78 is 30.2. The standard InChI is InChI=1S/C15H17F2N3O2/c16-15(17)22-13-4-2-12(3-5-13)10-14(21)19-6-1-8-20-9-7-18-11-20/h2-5,7,9,11,15H,1,6,8,10H2,(H,19,21). The van der Waals surface area contributed by atoms with Crippen LogP contribution in [0.4, 0.5) is 8.78 Å². The second-order valence-corrected chi connectivity index (χ2v) is 4.70. The van der Waals surface area contributed by atoms with Gasteiger partial charge >= 0.3 is 6.61 Å². The van der Waals surface area contributed by atoms with Crippen LogP contribution in [0.25, 0.3) is 0 Å². The first-order valence-electron chi connectivity index (χ1n) is 6.89. The molecule has 0 atom stereocenters. The Hall–Kier alpha value is -2.44. The van der Waals surface area contributed by atoms with Gasteiger partial charge in [0.15, 0.2) is 0 Å². The molecule has 0 fully saturated rings. The SMILES string of the molecule is O=C(Cc1ccc(OC(F)F)cc1)NCCCn1ccnc1.